The fraction of sp³-hybridized carbons (Fsp3) is 0.364. The van der Waals surface area contributed by atoms with Crippen LogP contribution in [-0.4, -0.2) is 50.1 Å². The van der Waals surface area contributed by atoms with Gasteiger partial charge >= 0.3 is 0 Å². The van der Waals surface area contributed by atoms with Crippen LogP contribution in [0.2, 0.25) is 0 Å². The zero-order valence-corrected chi connectivity index (χ0v) is 16.1. The average molecular weight is 382 g/mol. The van der Waals surface area contributed by atoms with Gasteiger partial charge in [-0.1, -0.05) is 18.2 Å². The summed E-state index contributed by atoms with van der Waals surface area (Å²) in [6.07, 6.45) is 1.37. The van der Waals surface area contributed by atoms with Crippen molar-refractivity contribution in [3.05, 3.63) is 60.2 Å². The Kier molecular flexibility index (Phi) is 6.89. The van der Waals surface area contributed by atoms with E-state index >= 15 is 0 Å². The summed E-state index contributed by atoms with van der Waals surface area (Å²) in [6.45, 7) is 2.07. The highest BCUT2D eigenvalue weighted by Crippen LogP contribution is 2.19. The van der Waals surface area contributed by atoms with Crippen LogP contribution < -0.4 is 14.8 Å². The van der Waals surface area contributed by atoms with Crippen LogP contribution in [0.1, 0.15) is 23.2 Å². The predicted octanol–water partition coefficient (Wildman–Crippen LogP) is 2.74. The zero-order valence-electron chi connectivity index (χ0n) is 16.1. The van der Waals surface area contributed by atoms with Gasteiger partial charge in [-0.05, 0) is 49.2 Å². The molecule has 0 atom stereocenters. The zero-order chi connectivity index (χ0) is 19.8. The van der Waals surface area contributed by atoms with Gasteiger partial charge < -0.3 is 19.7 Å². The first kappa shape index (κ1) is 19.7. The molecule has 1 saturated heterocycles. The number of amides is 2. The standard InChI is InChI=1S/C22H26N2O4/c1-27-19-7-9-20(10-8-19)28-16-13-23-21(25)17-11-14-24(15-12-17)22(26)18-5-3-2-4-6-18/h2-10,17H,11-16H2,1H3,(H,23,25). The molecule has 148 valence electrons. The van der Waals surface area contributed by atoms with Gasteiger partial charge in [-0.3, -0.25) is 9.59 Å². The minimum Gasteiger partial charge on any atom is -0.497 e. The summed E-state index contributed by atoms with van der Waals surface area (Å²) in [5.74, 6) is 1.53. The number of likely N-dealkylation sites (tertiary alicyclic amines) is 1. The van der Waals surface area contributed by atoms with Crippen LogP contribution >= 0.6 is 0 Å². The van der Waals surface area contributed by atoms with Crippen molar-refractivity contribution in [1.82, 2.24) is 10.2 Å². The molecule has 1 fully saturated rings. The van der Waals surface area contributed by atoms with Gasteiger partial charge in [-0.15, -0.1) is 0 Å². The molecular formula is C22H26N2O4. The van der Waals surface area contributed by atoms with Crippen molar-refractivity contribution >= 4 is 11.8 Å². The lowest BCUT2D eigenvalue weighted by Gasteiger charge is -2.31. The van der Waals surface area contributed by atoms with Crippen LogP contribution in [0.15, 0.2) is 54.6 Å². The van der Waals surface area contributed by atoms with Gasteiger partial charge in [0.2, 0.25) is 5.91 Å². The molecule has 0 bridgehead atoms. The molecule has 1 aliphatic heterocycles. The lowest BCUT2D eigenvalue weighted by molar-refractivity contribution is -0.126. The number of methoxy groups -OCH3 is 1. The number of hydrogen-bond donors (Lipinski definition) is 1. The molecule has 1 aliphatic rings. The van der Waals surface area contributed by atoms with Gasteiger partial charge in [-0.25, -0.2) is 0 Å². The van der Waals surface area contributed by atoms with E-state index in [2.05, 4.69) is 5.32 Å². The lowest BCUT2D eigenvalue weighted by atomic mass is 9.95. The topological polar surface area (TPSA) is 67.9 Å². The molecule has 1 heterocycles. The third kappa shape index (κ3) is 5.25. The summed E-state index contributed by atoms with van der Waals surface area (Å²) in [7, 11) is 1.62. The van der Waals surface area contributed by atoms with Gasteiger partial charge in [0.15, 0.2) is 0 Å². The largest absolute Gasteiger partial charge is 0.497 e. The second-order valence-electron chi connectivity index (χ2n) is 6.75. The first-order chi connectivity index (χ1) is 13.7. The molecule has 2 aromatic carbocycles. The Hall–Kier alpha value is -3.02. The normalized spacial score (nSPS) is 14.4. The highest BCUT2D eigenvalue weighted by Gasteiger charge is 2.27. The first-order valence-electron chi connectivity index (χ1n) is 9.56. The number of benzene rings is 2. The van der Waals surface area contributed by atoms with Crippen molar-refractivity contribution in [2.24, 2.45) is 5.92 Å². The second kappa shape index (κ2) is 9.78. The Morgan fingerprint density at radius 2 is 1.64 bits per heavy atom. The van der Waals surface area contributed by atoms with Crippen LogP contribution in [0.3, 0.4) is 0 Å². The van der Waals surface area contributed by atoms with Gasteiger partial charge in [0.25, 0.3) is 5.91 Å². The number of hydrogen-bond acceptors (Lipinski definition) is 4. The van der Waals surface area contributed by atoms with Gasteiger partial charge in [0.1, 0.15) is 18.1 Å². The van der Waals surface area contributed by atoms with Crippen LogP contribution in [0.25, 0.3) is 0 Å². The molecule has 28 heavy (non-hydrogen) atoms. The number of piperidine rings is 1. The highest BCUT2D eigenvalue weighted by molar-refractivity contribution is 5.94. The quantitative estimate of drug-likeness (QED) is 0.748. The van der Waals surface area contributed by atoms with Crippen molar-refractivity contribution in [3.63, 3.8) is 0 Å². The number of carbonyl (C=O) groups excluding carboxylic acids is 2. The monoisotopic (exact) mass is 382 g/mol. The second-order valence-corrected chi connectivity index (χ2v) is 6.75. The summed E-state index contributed by atoms with van der Waals surface area (Å²) in [6, 6.07) is 16.6. The van der Waals surface area contributed by atoms with Crippen molar-refractivity contribution in [1.29, 1.82) is 0 Å². The van der Waals surface area contributed by atoms with Crippen molar-refractivity contribution < 1.29 is 19.1 Å². The Labute approximate surface area is 165 Å². The van der Waals surface area contributed by atoms with Crippen LogP contribution in [-0.2, 0) is 4.79 Å². The fourth-order valence-corrected chi connectivity index (χ4v) is 3.27. The Morgan fingerprint density at radius 1 is 1.00 bits per heavy atom. The van der Waals surface area contributed by atoms with E-state index in [9.17, 15) is 9.59 Å². The van der Waals surface area contributed by atoms with Crippen molar-refractivity contribution in [2.45, 2.75) is 12.8 Å². The van der Waals surface area contributed by atoms with Gasteiger partial charge in [-0.2, -0.15) is 0 Å². The molecule has 0 radical (unpaired) electrons. The average Bonchev–Trinajstić information content (AvgIpc) is 2.77. The van der Waals surface area contributed by atoms with Gasteiger partial charge in [0.05, 0.1) is 13.7 Å². The minimum atomic E-state index is -0.0548. The molecule has 0 aliphatic carbocycles. The van der Waals surface area contributed by atoms with E-state index in [1.807, 2.05) is 59.5 Å². The summed E-state index contributed by atoms with van der Waals surface area (Å²) in [5.41, 5.74) is 0.695. The summed E-state index contributed by atoms with van der Waals surface area (Å²) < 4.78 is 10.7. The third-order valence-electron chi connectivity index (χ3n) is 4.90. The SMILES string of the molecule is COc1ccc(OCCNC(=O)C2CCN(C(=O)c3ccccc3)CC2)cc1. The molecule has 0 aromatic heterocycles. The maximum Gasteiger partial charge on any atom is 0.253 e. The number of rotatable bonds is 7. The van der Waals surface area contributed by atoms with Crippen LogP contribution in [0.4, 0.5) is 0 Å². The Morgan fingerprint density at radius 3 is 2.29 bits per heavy atom. The number of nitrogens with zero attached hydrogens (tertiary/aromatic N) is 1. The predicted molar refractivity (Wildman–Crippen MR) is 107 cm³/mol. The molecule has 1 N–H and O–H groups in total. The van der Waals surface area contributed by atoms with Gasteiger partial charge in [0, 0.05) is 24.6 Å². The smallest absolute Gasteiger partial charge is 0.253 e. The number of nitrogens with one attached hydrogen (secondary N) is 1. The van der Waals surface area contributed by atoms with Crippen molar-refractivity contribution in [2.75, 3.05) is 33.4 Å². The highest BCUT2D eigenvalue weighted by atomic mass is 16.5. The summed E-state index contributed by atoms with van der Waals surface area (Å²) in [4.78, 5) is 26.6. The first-order valence-corrected chi connectivity index (χ1v) is 9.56. The number of ether oxygens (including phenoxy) is 2. The van der Waals surface area contributed by atoms with Crippen LogP contribution in [0.5, 0.6) is 11.5 Å². The lowest BCUT2D eigenvalue weighted by Crippen LogP contribution is -2.43. The van der Waals surface area contributed by atoms with Crippen LogP contribution in [0, 0.1) is 5.92 Å². The molecule has 2 aromatic rings. The van der Waals surface area contributed by atoms with E-state index in [-0.39, 0.29) is 17.7 Å². The summed E-state index contributed by atoms with van der Waals surface area (Å²) in [5, 5.41) is 2.93. The van der Waals surface area contributed by atoms with E-state index in [0.717, 1.165) is 11.5 Å². The Bertz CT molecular complexity index is 769. The Balaban J connectivity index is 1.36. The van der Waals surface area contributed by atoms with E-state index in [1.165, 1.54) is 0 Å². The van der Waals surface area contributed by atoms with E-state index in [4.69, 9.17) is 9.47 Å². The minimum absolute atomic E-state index is 0.0325. The molecule has 6 nitrogen and oxygen atoms in total. The third-order valence-corrected chi connectivity index (χ3v) is 4.90. The maximum atomic E-state index is 12.5. The molecule has 0 unspecified atom stereocenters. The number of carbonyl (C=O) groups is 2. The van der Waals surface area contributed by atoms with E-state index in [0.29, 0.717) is 44.6 Å². The van der Waals surface area contributed by atoms with Crippen molar-refractivity contribution in [3.8, 4) is 11.5 Å². The summed E-state index contributed by atoms with van der Waals surface area (Å²) >= 11 is 0. The molecular weight excluding hydrogens is 356 g/mol. The molecule has 0 saturated carbocycles. The molecule has 0 spiro atoms. The molecule has 6 heteroatoms. The van der Waals surface area contributed by atoms with E-state index in [1.54, 1.807) is 7.11 Å². The maximum absolute atomic E-state index is 12.5. The molecule has 2 amide bonds. The fourth-order valence-electron chi connectivity index (χ4n) is 3.27. The molecule has 3 rings (SSSR count). The van der Waals surface area contributed by atoms with E-state index < -0.39 is 0 Å².